The first-order valence-corrected chi connectivity index (χ1v) is 4.29. The Labute approximate surface area is 82.2 Å². The zero-order valence-electron chi connectivity index (χ0n) is 7.47. The van der Waals surface area contributed by atoms with Gasteiger partial charge in [0.05, 0.1) is 11.7 Å². The Morgan fingerprint density at radius 1 is 1.07 bits per heavy atom. The molecular weight excluding hydrogens is 198 g/mol. The van der Waals surface area contributed by atoms with Crippen LogP contribution in [0, 0.1) is 0 Å². The average Bonchev–Trinajstić information content (AvgIpc) is 2.57. The van der Waals surface area contributed by atoms with Crippen LogP contribution in [0.25, 0.3) is 16.7 Å². The van der Waals surface area contributed by atoms with Gasteiger partial charge in [0.15, 0.2) is 11.2 Å². The molecule has 3 heterocycles. The maximum Gasteiger partial charge on any atom is 0.423 e. The number of nitrogens with zero attached hydrogens (tertiary/aromatic N) is 1. The lowest BCUT2D eigenvalue weighted by Gasteiger charge is -1.89. The number of pyridine rings is 1. The van der Waals surface area contributed by atoms with Crippen LogP contribution >= 0.6 is 0 Å². The molecule has 0 saturated heterocycles. The van der Waals surface area contributed by atoms with E-state index in [0.717, 1.165) is 0 Å². The molecule has 3 aromatic heterocycles. The Morgan fingerprint density at radius 2 is 1.87 bits per heavy atom. The number of hydrogen-bond donors (Lipinski definition) is 0. The fourth-order valence-electron chi connectivity index (χ4n) is 1.52. The minimum Gasteiger partial charge on any atom is -0.412 e. The molecule has 5 nitrogen and oxygen atoms in total. The van der Waals surface area contributed by atoms with E-state index in [-0.39, 0.29) is 5.58 Å². The van der Waals surface area contributed by atoms with Gasteiger partial charge in [-0.25, -0.2) is 9.59 Å². The summed E-state index contributed by atoms with van der Waals surface area (Å²) in [5.74, 6) is 0. The van der Waals surface area contributed by atoms with Gasteiger partial charge in [-0.2, -0.15) is 0 Å². The fraction of sp³-hybridized carbons (Fsp3) is 0. The number of aromatic nitrogens is 1. The van der Waals surface area contributed by atoms with Crippen LogP contribution in [0.5, 0.6) is 0 Å². The van der Waals surface area contributed by atoms with Gasteiger partial charge in [-0.1, -0.05) is 6.07 Å². The third-order valence-electron chi connectivity index (χ3n) is 2.17. The lowest BCUT2D eigenvalue weighted by atomic mass is 10.4. The molecule has 0 unspecified atom stereocenters. The normalized spacial score (nSPS) is 11.2. The lowest BCUT2D eigenvalue weighted by Crippen LogP contribution is -2.20. The molecule has 5 heteroatoms. The zero-order valence-corrected chi connectivity index (χ0v) is 7.47. The predicted octanol–water partition coefficient (Wildman–Crippen LogP) is 0.999. The van der Waals surface area contributed by atoms with Gasteiger partial charge in [-0.05, 0) is 12.1 Å². The minimum absolute atomic E-state index is 0.269. The summed E-state index contributed by atoms with van der Waals surface area (Å²) < 4.78 is 11.4. The van der Waals surface area contributed by atoms with E-state index in [9.17, 15) is 9.59 Å². The third-order valence-corrected chi connectivity index (χ3v) is 2.17. The molecule has 0 aliphatic carbocycles. The van der Waals surface area contributed by atoms with Crippen molar-refractivity contribution >= 4 is 16.7 Å². The molecule has 0 radical (unpaired) electrons. The molecule has 0 aliphatic heterocycles. The van der Waals surface area contributed by atoms with Crippen molar-refractivity contribution in [2.75, 3.05) is 0 Å². The Bertz CT molecular complexity index is 762. The van der Waals surface area contributed by atoms with Crippen LogP contribution in [0.1, 0.15) is 0 Å². The first-order chi connectivity index (χ1) is 7.25. The number of rotatable bonds is 0. The van der Waals surface area contributed by atoms with Crippen LogP contribution in [0.4, 0.5) is 0 Å². The van der Waals surface area contributed by atoms with Gasteiger partial charge in [0.1, 0.15) is 0 Å². The smallest absolute Gasteiger partial charge is 0.412 e. The van der Waals surface area contributed by atoms with Crippen molar-refractivity contribution in [1.82, 2.24) is 4.40 Å². The average molecular weight is 203 g/mol. The molecule has 0 fully saturated rings. The van der Waals surface area contributed by atoms with Gasteiger partial charge in [-0.3, -0.25) is 0 Å². The molecular formula is C10H5NO4. The van der Waals surface area contributed by atoms with Gasteiger partial charge in [0.25, 0.3) is 0 Å². The summed E-state index contributed by atoms with van der Waals surface area (Å²) in [4.78, 5) is 21.9. The quantitative estimate of drug-likeness (QED) is 0.511. The molecule has 0 amide bonds. The summed E-state index contributed by atoms with van der Waals surface area (Å²) in [6.07, 6.45) is 3.37. The van der Waals surface area contributed by atoms with E-state index >= 15 is 0 Å². The van der Waals surface area contributed by atoms with E-state index < -0.39 is 11.3 Å². The second kappa shape index (κ2) is 2.60. The highest BCUT2D eigenvalue weighted by Crippen LogP contribution is 2.18. The Balaban J connectivity index is 2.67. The molecule has 0 N–H and O–H groups in total. The molecule has 0 spiro atoms. The Morgan fingerprint density at radius 3 is 2.73 bits per heavy atom. The second-order valence-electron chi connectivity index (χ2n) is 3.09. The van der Waals surface area contributed by atoms with E-state index in [2.05, 4.69) is 0 Å². The van der Waals surface area contributed by atoms with Gasteiger partial charge in [-0.15, -0.1) is 0 Å². The monoisotopic (exact) mass is 203 g/mol. The first kappa shape index (κ1) is 8.05. The van der Waals surface area contributed by atoms with E-state index in [1.165, 1.54) is 0 Å². The van der Waals surface area contributed by atoms with Crippen LogP contribution in [0.3, 0.4) is 0 Å². The SMILES string of the molecule is O=c1oc2cn3ccccc3c2oc1=O. The van der Waals surface area contributed by atoms with Gasteiger partial charge >= 0.3 is 11.3 Å². The van der Waals surface area contributed by atoms with Crippen molar-refractivity contribution in [3.63, 3.8) is 0 Å². The highest BCUT2D eigenvalue weighted by atomic mass is 16.5. The van der Waals surface area contributed by atoms with Crippen molar-refractivity contribution < 1.29 is 8.83 Å². The summed E-state index contributed by atoms with van der Waals surface area (Å²) >= 11 is 0. The van der Waals surface area contributed by atoms with Crippen LogP contribution in [-0.2, 0) is 0 Å². The van der Waals surface area contributed by atoms with Gasteiger partial charge in [0.2, 0.25) is 0 Å². The summed E-state index contributed by atoms with van der Waals surface area (Å²) in [6.45, 7) is 0. The maximum absolute atomic E-state index is 11.0. The second-order valence-corrected chi connectivity index (χ2v) is 3.09. The highest BCUT2D eigenvalue weighted by Gasteiger charge is 2.09. The molecule has 0 atom stereocenters. The van der Waals surface area contributed by atoms with Gasteiger partial charge in [0, 0.05) is 6.20 Å². The highest BCUT2D eigenvalue weighted by molar-refractivity contribution is 5.87. The molecule has 3 rings (SSSR count). The zero-order chi connectivity index (χ0) is 10.4. The van der Waals surface area contributed by atoms with Crippen LogP contribution in [0.15, 0.2) is 49.0 Å². The van der Waals surface area contributed by atoms with Crippen molar-refractivity contribution in [1.29, 1.82) is 0 Å². The molecule has 3 aromatic rings. The molecule has 0 saturated carbocycles. The van der Waals surface area contributed by atoms with Crippen LogP contribution in [-0.4, -0.2) is 4.40 Å². The van der Waals surface area contributed by atoms with Crippen LogP contribution < -0.4 is 11.3 Å². The molecule has 15 heavy (non-hydrogen) atoms. The van der Waals surface area contributed by atoms with Crippen molar-refractivity contribution in [3.8, 4) is 0 Å². The summed E-state index contributed by atoms with van der Waals surface area (Å²) in [5, 5.41) is 0. The van der Waals surface area contributed by atoms with E-state index in [1.54, 1.807) is 28.9 Å². The topological polar surface area (TPSA) is 64.8 Å². The number of hydrogen-bond acceptors (Lipinski definition) is 4. The first-order valence-electron chi connectivity index (χ1n) is 4.29. The van der Waals surface area contributed by atoms with E-state index in [4.69, 9.17) is 8.83 Å². The maximum atomic E-state index is 11.0. The Hall–Kier alpha value is -2.30. The van der Waals surface area contributed by atoms with E-state index in [0.29, 0.717) is 11.1 Å². The molecule has 0 bridgehead atoms. The fourth-order valence-corrected chi connectivity index (χ4v) is 1.52. The summed E-state index contributed by atoms with van der Waals surface area (Å²) in [7, 11) is 0. The van der Waals surface area contributed by atoms with Crippen molar-refractivity contribution in [2.45, 2.75) is 0 Å². The number of fused-ring (bicyclic) bond motifs is 3. The third kappa shape index (κ3) is 1.03. The molecule has 74 valence electrons. The van der Waals surface area contributed by atoms with Crippen LogP contribution in [0.2, 0.25) is 0 Å². The predicted molar refractivity (Wildman–Crippen MR) is 52.0 cm³/mol. The summed E-state index contributed by atoms with van der Waals surface area (Å²) in [6, 6.07) is 5.40. The molecule has 0 aromatic carbocycles. The minimum atomic E-state index is -0.988. The summed E-state index contributed by atoms with van der Waals surface area (Å²) in [5.41, 5.74) is -0.725. The lowest BCUT2D eigenvalue weighted by molar-refractivity contribution is 0.452. The standard InChI is InChI=1S/C10H5NO4/c12-9-10(13)15-8-6-3-1-2-4-11(6)5-7(8)14-9/h1-5H. The van der Waals surface area contributed by atoms with Crippen molar-refractivity contribution in [2.24, 2.45) is 0 Å². The van der Waals surface area contributed by atoms with Gasteiger partial charge < -0.3 is 13.2 Å². The van der Waals surface area contributed by atoms with Crippen molar-refractivity contribution in [3.05, 3.63) is 51.4 Å². The Kier molecular flexibility index (Phi) is 1.39. The molecule has 0 aliphatic rings. The largest absolute Gasteiger partial charge is 0.423 e. The van der Waals surface area contributed by atoms with E-state index in [1.807, 2.05) is 6.07 Å².